The number of rotatable bonds is 5. The van der Waals surface area contributed by atoms with E-state index in [0.717, 1.165) is 36.0 Å². The van der Waals surface area contributed by atoms with Gasteiger partial charge in [-0.2, -0.15) is 5.10 Å². The van der Waals surface area contributed by atoms with Crippen molar-refractivity contribution in [2.24, 2.45) is 11.3 Å². The highest BCUT2D eigenvalue weighted by Crippen LogP contribution is 2.52. The minimum absolute atomic E-state index is 0.0453. The molecule has 1 aromatic rings. The van der Waals surface area contributed by atoms with E-state index in [2.05, 4.69) is 41.8 Å². The molecule has 0 saturated heterocycles. The Hall–Kier alpha value is -0.350. The number of hydrogen-bond acceptors (Lipinski definition) is 2. The van der Waals surface area contributed by atoms with E-state index < -0.39 is 6.10 Å². The third kappa shape index (κ3) is 2.89. The smallest absolute Gasteiger partial charge is 0.102 e. The molecule has 2 rings (SSSR count). The van der Waals surface area contributed by atoms with E-state index in [1.165, 1.54) is 12.8 Å². The first-order valence-corrected chi connectivity index (χ1v) is 8.18. The van der Waals surface area contributed by atoms with Crippen molar-refractivity contribution in [1.82, 2.24) is 9.78 Å². The van der Waals surface area contributed by atoms with Crippen LogP contribution in [0.5, 0.6) is 0 Å². The van der Waals surface area contributed by atoms with Crippen molar-refractivity contribution >= 4 is 15.9 Å². The van der Waals surface area contributed by atoms with Gasteiger partial charge in [-0.25, -0.2) is 0 Å². The molecule has 1 aliphatic rings. The second-order valence-corrected chi connectivity index (χ2v) is 7.12. The van der Waals surface area contributed by atoms with E-state index in [9.17, 15) is 5.11 Å². The van der Waals surface area contributed by atoms with Crippen molar-refractivity contribution in [3.63, 3.8) is 0 Å². The van der Waals surface area contributed by atoms with E-state index in [4.69, 9.17) is 0 Å². The van der Waals surface area contributed by atoms with Gasteiger partial charge >= 0.3 is 0 Å². The van der Waals surface area contributed by atoms with Crippen LogP contribution in [0.2, 0.25) is 0 Å². The highest BCUT2D eigenvalue weighted by Gasteiger charge is 2.43. The van der Waals surface area contributed by atoms with Gasteiger partial charge in [-0.1, -0.05) is 26.7 Å². The molecule has 108 valence electrons. The molecule has 0 aliphatic heterocycles. The van der Waals surface area contributed by atoms with Gasteiger partial charge in [0.1, 0.15) is 6.10 Å². The summed E-state index contributed by atoms with van der Waals surface area (Å²) in [4.78, 5) is 0. The summed E-state index contributed by atoms with van der Waals surface area (Å²) in [5.41, 5.74) is 1.01. The predicted molar refractivity (Wildman–Crippen MR) is 80.9 cm³/mol. The van der Waals surface area contributed by atoms with Gasteiger partial charge in [-0.3, -0.25) is 4.68 Å². The molecular formula is C15H25BrN2O. The third-order valence-electron chi connectivity index (χ3n) is 4.39. The molecule has 1 heterocycles. The van der Waals surface area contributed by atoms with E-state index >= 15 is 0 Å². The zero-order chi connectivity index (χ0) is 14.0. The average Bonchev–Trinajstić information content (AvgIpc) is 2.95. The van der Waals surface area contributed by atoms with Crippen LogP contribution in [-0.2, 0) is 6.54 Å². The number of aryl methyl sites for hydroxylation is 1. The van der Waals surface area contributed by atoms with Gasteiger partial charge in [0.15, 0.2) is 0 Å². The van der Waals surface area contributed by atoms with Crippen LogP contribution in [-0.4, -0.2) is 14.9 Å². The van der Waals surface area contributed by atoms with Crippen LogP contribution in [0.3, 0.4) is 0 Å². The average molecular weight is 329 g/mol. The van der Waals surface area contributed by atoms with Crippen LogP contribution in [0, 0.1) is 11.3 Å². The molecule has 0 aromatic carbocycles. The standard InChI is InChI=1S/C15H25BrN2O/c1-4-18-13(12(16)10-17-18)14(19)15(9-11(2)3)7-5-6-8-15/h10-11,14,19H,4-9H2,1-3H3. The van der Waals surface area contributed by atoms with Gasteiger partial charge in [-0.15, -0.1) is 0 Å². The number of aliphatic hydroxyl groups excluding tert-OH is 1. The highest BCUT2D eigenvalue weighted by molar-refractivity contribution is 9.10. The fourth-order valence-electron chi connectivity index (χ4n) is 3.67. The summed E-state index contributed by atoms with van der Waals surface area (Å²) >= 11 is 3.55. The molecule has 1 atom stereocenters. The maximum atomic E-state index is 11.0. The Kier molecular flexibility index (Phi) is 4.72. The lowest BCUT2D eigenvalue weighted by atomic mass is 9.73. The number of halogens is 1. The molecule has 1 aromatic heterocycles. The highest BCUT2D eigenvalue weighted by atomic mass is 79.9. The van der Waals surface area contributed by atoms with Crippen molar-refractivity contribution in [1.29, 1.82) is 0 Å². The van der Waals surface area contributed by atoms with Crippen LogP contribution in [0.4, 0.5) is 0 Å². The topological polar surface area (TPSA) is 38.0 Å². The monoisotopic (exact) mass is 328 g/mol. The summed E-state index contributed by atoms with van der Waals surface area (Å²) in [6.07, 6.45) is 7.23. The van der Waals surface area contributed by atoms with Crippen LogP contribution < -0.4 is 0 Å². The van der Waals surface area contributed by atoms with Crippen molar-refractivity contribution in [3.05, 3.63) is 16.4 Å². The SMILES string of the molecule is CCn1ncc(Br)c1C(O)C1(CC(C)C)CCCC1. The zero-order valence-electron chi connectivity index (χ0n) is 12.2. The van der Waals surface area contributed by atoms with Gasteiger partial charge < -0.3 is 5.11 Å². The normalized spacial score (nSPS) is 20.1. The molecule has 0 radical (unpaired) electrons. The van der Waals surface area contributed by atoms with Gasteiger partial charge in [0.05, 0.1) is 16.4 Å². The first kappa shape index (κ1) is 15.0. The summed E-state index contributed by atoms with van der Waals surface area (Å²) in [6, 6.07) is 0. The molecule has 0 spiro atoms. The summed E-state index contributed by atoms with van der Waals surface area (Å²) < 4.78 is 2.87. The molecule has 1 aliphatic carbocycles. The Morgan fingerprint density at radius 2 is 2.05 bits per heavy atom. The molecule has 4 heteroatoms. The summed E-state index contributed by atoms with van der Waals surface area (Å²) in [5, 5.41) is 15.4. The first-order chi connectivity index (χ1) is 9.00. The van der Waals surface area contributed by atoms with Gasteiger partial charge in [0, 0.05) is 12.0 Å². The van der Waals surface area contributed by atoms with Crippen LogP contribution in [0.15, 0.2) is 10.7 Å². The summed E-state index contributed by atoms with van der Waals surface area (Å²) in [7, 11) is 0. The lowest BCUT2D eigenvalue weighted by Gasteiger charge is -2.36. The lowest BCUT2D eigenvalue weighted by Crippen LogP contribution is -2.29. The maximum Gasteiger partial charge on any atom is 0.102 e. The number of aliphatic hydroxyl groups is 1. The van der Waals surface area contributed by atoms with Crippen LogP contribution in [0.25, 0.3) is 0 Å². The van der Waals surface area contributed by atoms with Crippen LogP contribution >= 0.6 is 15.9 Å². The Balaban J connectivity index is 2.33. The maximum absolute atomic E-state index is 11.0. The van der Waals surface area contributed by atoms with Gasteiger partial charge in [0.2, 0.25) is 0 Å². The van der Waals surface area contributed by atoms with Crippen molar-refractivity contribution in [3.8, 4) is 0 Å². The van der Waals surface area contributed by atoms with Crippen molar-refractivity contribution in [2.45, 2.75) is 65.5 Å². The molecule has 1 saturated carbocycles. The van der Waals surface area contributed by atoms with Gasteiger partial charge in [-0.05, 0) is 48.0 Å². The third-order valence-corrected chi connectivity index (χ3v) is 5.00. The van der Waals surface area contributed by atoms with Crippen molar-refractivity contribution < 1.29 is 5.11 Å². The van der Waals surface area contributed by atoms with E-state index in [-0.39, 0.29) is 5.41 Å². The fraction of sp³-hybridized carbons (Fsp3) is 0.800. The minimum Gasteiger partial charge on any atom is -0.386 e. The van der Waals surface area contributed by atoms with E-state index in [1.807, 2.05) is 4.68 Å². The molecule has 3 nitrogen and oxygen atoms in total. The van der Waals surface area contributed by atoms with Crippen LogP contribution in [0.1, 0.15) is 64.7 Å². The second-order valence-electron chi connectivity index (χ2n) is 6.26. The number of hydrogen-bond donors (Lipinski definition) is 1. The molecule has 19 heavy (non-hydrogen) atoms. The quantitative estimate of drug-likeness (QED) is 0.874. The molecule has 1 unspecified atom stereocenters. The van der Waals surface area contributed by atoms with E-state index in [1.54, 1.807) is 6.20 Å². The van der Waals surface area contributed by atoms with Gasteiger partial charge in [0.25, 0.3) is 0 Å². The summed E-state index contributed by atoms with van der Waals surface area (Å²) in [6.45, 7) is 7.37. The minimum atomic E-state index is -0.408. The van der Waals surface area contributed by atoms with Crippen molar-refractivity contribution in [2.75, 3.05) is 0 Å². The first-order valence-electron chi connectivity index (χ1n) is 7.39. The Bertz CT molecular complexity index is 422. The predicted octanol–water partition coefficient (Wildman–Crippen LogP) is 4.31. The molecule has 1 fully saturated rings. The Morgan fingerprint density at radius 3 is 2.58 bits per heavy atom. The number of aromatic nitrogens is 2. The summed E-state index contributed by atoms with van der Waals surface area (Å²) in [5.74, 6) is 0.615. The second kappa shape index (κ2) is 5.96. The molecule has 1 N–H and O–H groups in total. The molecule has 0 amide bonds. The zero-order valence-corrected chi connectivity index (χ0v) is 13.8. The lowest BCUT2D eigenvalue weighted by molar-refractivity contribution is 0.00453. The Labute approximate surface area is 124 Å². The van der Waals surface area contributed by atoms with E-state index in [0.29, 0.717) is 5.92 Å². The largest absolute Gasteiger partial charge is 0.386 e. The fourth-order valence-corrected chi connectivity index (χ4v) is 4.18. The molecule has 0 bridgehead atoms. The number of nitrogens with zero attached hydrogens (tertiary/aromatic N) is 2. The Morgan fingerprint density at radius 1 is 1.42 bits per heavy atom. The molecular weight excluding hydrogens is 304 g/mol.